The van der Waals surface area contributed by atoms with Gasteiger partial charge < -0.3 is 9.64 Å². The third-order valence-electron chi connectivity index (χ3n) is 4.14. The largest absolute Gasteiger partial charge is 0.466 e. The summed E-state index contributed by atoms with van der Waals surface area (Å²) >= 11 is 1.51. The van der Waals surface area contributed by atoms with Crippen molar-refractivity contribution in [3.63, 3.8) is 0 Å². The zero-order valence-corrected chi connectivity index (χ0v) is 13.0. The monoisotopic (exact) mass is 295 g/mol. The average molecular weight is 295 g/mol. The lowest BCUT2D eigenvalue weighted by Gasteiger charge is -2.30. The molecule has 0 bridgehead atoms. The van der Waals surface area contributed by atoms with Gasteiger partial charge in [0.05, 0.1) is 17.6 Å². The minimum atomic E-state index is -0.554. The van der Waals surface area contributed by atoms with Crippen LogP contribution in [-0.2, 0) is 9.53 Å². The molecule has 0 radical (unpaired) electrons. The summed E-state index contributed by atoms with van der Waals surface area (Å²) in [5.41, 5.74) is 0.153. The van der Waals surface area contributed by atoms with Crippen molar-refractivity contribution < 1.29 is 14.3 Å². The highest BCUT2D eigenvalue weighted by molar-refractivity contribution is 7.08. The number of rotatable bonds is 4. The maximum atomic E-state index is 12.4. The van der Waals surface area contributed by atoms with Gasteiger partial charge in [-0.3, -0.25) is 9.59 Å². The molecule has 20 heavy (non-hydrogen) atoms. The van der Waals surface area contributed by atoms with E-state index in [1.54, 1.807) is 4.90 Å². The van der Waals surface area contributed by atoms with Gasteiger partial charge in [0.25, 0.3) is 5.91 Å². The summed E-state index contributed by atoms with van der Waals surface area (Å²) < 4.78 is 5.23. The predicted octanol–water partition coefficient (Wildman–Crippen LogP) is 2.80. The number of thiophene rings is 1. The van der Waals surface area contributed by atoms with Crippen LogP contribution in [0.1, 0.15) is 37.6 Å². The molecule has 1 saturated heterocycles. The Morgan fingerprint density at radius 1 is 1.50 bits per heavy atom. The molecule has 4 nitrogen and oxygen atoms in total. The molecule has 0 spiro atoms. The topological polar surface area (TPSA) is 46.6 Å². The third-order valence-corrected chi connectivity index (χ3v) is 4.83. The average Bonchev–Trinajstić information content (AvgIpc) is 3.08. The van der Waals surface area contributed by atoms with Crippen LogP contribution in [0.15, 0.2) is 16.8 Å². The zero-order valence-electron chi connectivity index (χ0n) is 12.2. The second kappa shape index (κ2) is 5.95. The molecule has 0 aromatic carbocycles. The van der Waals surface area contributed by atoms with Crippen LogP contribution in [0.5, 0.6) is 0 Å². The van der Waals surface area contributed by atoms with Crippen molar-refractivity contribution in [2.75, 3.05) is 19.7 Å². The van der Waals surface area contributed by atoms with Crippen molar-refractivity contribution in [3.05, 3.63) is 22.4 Å². The molecule has 1 aliphatic rings. The molecule has 0 saturated carbocycles. The van der Waals surface area contributed by atoms with Gasteiger partial charge in [-0.15, -0.1) is 0 Å². The number of carbonyl (C=O) groups excluding carboxylic acids is 2. The summed E-state index contributed by atoms with van der Waals surface area (Å²) in [6.45, 7) is 7.32. The van der Waals surface area contributed by atoms with E-state index < -0.39 is 5.41 Å². The van der Waals surface area contributed by atoms with Gasteiger partial charge in [0.15, 0.2) is 0 Å². The number of carbonyl (C=O) groups is 2. The zero-order chi connectivity index (χ0) is 14.8. The molecule has 1 aromatic heterocycles. The summed E-state index contributed by atoms with van der Waals surface area (Å²) in [4.78, 5) is 26.5. The summed E-state index contributed by atoms with van der Waals surface area (Å²) in [7, 11) is 0. The Balaban J connectivity index is 2.16. The van der Waals surface area contributed by atoms with Crippen LogP contribution in [0.2, 0.25) is 0 Å². The second-order valence-corrected chi connectivity index (χ2v) is 6.30. The fraction of sp³-hybridized carbons (Fsp3) is 0.600. The Morgan fingerprint density at radius 2 is 2.25 bits per heavy atom. The SMILES string of the molecule is CCOC(=O)C1(C(C)C)CCN(C(=O)c2ccsc2)C1. The standard InChI is InChI=1S/C15H21NO3S/c1-4-19-14(18)15(11(2)3)6-7-16(10-15)13(17)12-5-8-20-9-12/h5,8-9,11H,4,6-7,10H2,1-3H3. The molecular weight excluding hydrogens is 274 g/mol. The first-order valence-electron chi connectivity index (χ1n) is 7.00. The molecule has 1 unspecified atom stereocenters. The van der Waals surface area contributed by atoms with Crippen LogP contribution in [-0.4, -0.2) is 36.5 Å². The number of hydrogen-bond acceptors (Lipinski definition) is 4. The summed E-state index contributed by atoms with van der Waals surface area (Å²) in [6, 6.07) is 1.83. The molecule has 1 aliphatic heterocycles. The van der Waals surface area contributed by atoms with Gasteiger partial charge >= 0.3 is 5.97 Å². The number of esters is 1. The second-order valence-electron chi connectivity index (χ2n) is 5.52. The van der Waals surface area contributed by atoms with Gasteiger partial charge in [-0.1, -0.05) is 13.8 Å². The molecule has 2 rings (SSSR count). The van der Waals surface area contributed by atoms with Crippen LogP contribution < -0.4 is 0 Å². The van der Waals surface area contributed by atoms with E-state index >= 15 is 0 Å². The number of hydrogen-bond donors (Lipinski definition) is 0. The lowest BCUT2D eigenvalue weighted by atomic mass is 9.76. The Bertz CT molecular complexity index is 483. The fourth-order valence-corrected chi connectivity index (χ4v) is 3.35. The van der Waals surface area contributed by atoms with Gasteiger partial charge in [0, 0.05) is 18.5 Å². The minimum Gasteiger partial charge on any atom is -0.466 e. The number of amides is 1. The van der Waals surface area contributed by atoms with E-state index in [4.69, 9.17) is 4.74 Å². The highest BCUT2D eigenvalue weighted by Gasteiger charge is 2.49. The molecule has 0 N–H and O–H groups in total. The highest BCUT2D eigenvalue weighted by Crippen LogP contribution is 2.39. The fourth-order valence-electron chi connectivity index (χ4n) is 2.72. The lowest BCUT2D eigenvalue weighted by molar-refractivity contribution is -0.157. The van der Waals surface area contributed by atoms with Crippen LogP contribution in [0, 0.1) is 11.3 Å². The van der Waals surface area contributed by atoms with E-state index in [9.17, 15) is 9.59 Å². The maximum absolute atomic E-state index is 12.4. The van der Waals surface area contributed by atoms with Crippen molar-refractivity contribution in [1.29, 1.82) is 0 Å². The quantitative estimate of drug-likeness (QED) is 0.802. The van der Waals surface area contributed by atoms with Gasteiger partial charge in [0.2, 0.25) is 0 Å². The molecule has 1 amide bonds. The summed E-state index contributed by atoms with van der Waals surface area (Å²) in [5, 5.41) is 3.74. The van der Waals surface area contributed by atoms with Crippen LogP contribution in [0.25, 0.3) is 0 Å². The van der Waals surface area contributed by atoms with E-state index in [2.05, 4.69) is 0 Å². The first kappa shape index (κ1) is 15.0. The van der Waals surface area contributed by atoms with Crippen molar-refractivity contribution in [3.8, 4) is 0 Å². The summed E-state index contributed by atoms with van der Waals surface area (Å²) in [5.74, 6) is -0.00415. The molecule has 5 heteroatoms. The molecule has 1 aromatic rings. The highest BCUT2D eigenvalue weighted by atomic mass is 32.1. The van der Waals surface area contributed by atoms with Gasteiger partial charge in [0.1, 0.15) is 0 Å². The maximum Gasteiger partial charge on any atom is 0.314 e. The lowest BCUT2D eigenvalue weighted by Crippen LogP contribution is -2.41. The van der Waals surface area contributed by atoms with Crippen molar-refractivity contribution in [2.24, 2.45) is 11.3 Å². The summed E-state index contributed by atoms with van der Waals surface area (Å²) in [6.07, 6.45) is 0.680. The van der Waals surface area contributed by atoms with Crippen LogP contribution in [0.4, 0.5) is 0 Å². The number of nitrogens with zero attached hydrogens (tertiary/aromatic N) is 1. The van der Waals surface area contributed by atoms with Crippen LogP contribution >= 0.6 is 11.3 Å². The number of likely N-dealkylation sites (tertiary alicyclic amines) is 1. The Labute approximate surface area is 123 Å². The van der Waals surface area contributed by atoms with Crippen molar-refractivity contribution >= 4 is 23.2 Å². The predicted molar refractivity (Wildman–Crippen MR) is 78.7 cm³/mol. The van der Waals surface area contributed by atoms with Gasteiger partial charge in [-0.05, 0) is 30.7 Å². The minimum absolute atomic E-state index is 0.0121. The Hall–Kier alpha value is -1.36. The Morgan fingerprint density at radius 3 is 2.80 bits per heavy atom. The third kappa shape index (κ3) is 2.59. The normalized spacial score (nSPS) is 22.3. The van der Waals surface area contributed by atoms with E-state index in [-0.39, 0.29) is 17.8 Å². The molecule has 0 aliphatic carbocycles. The molecular formula is C15H21NO3S. The first-order chi connectivity index (χ1) is 9.51. The number of ether oxygens (including phenoxy) is 1. The van der Waals surface area contributed by atoms with Crippen LogP contribution in [0.3, 0.4) is 0 Å². The van der Waals surface area contributed by atoms with E-state index in [0.717, 1.165) is 0 Å². The van der Waals surface area contributed by atoms with Gasteiger partial charge in [-0.2, -0.15) is 11.3 Å². The van der Waals surface area contributed by atoms with Crippen molar-refractivity contribution in [2.45, 2.75) is 27.2 Å². The van der Waals surface area contributed by atoms with Crippen molar-refractivity contribution in [1.82, 2.24) is 4.90 Å². The molecule has 1 fully saturated rings. The van der Waals surface area contributed by atoms with E-state index in [1.165, 1.54) is 11.3 Å². The molecule has 2 heterocycles. The van der Waals surface area contributed by atoms with Gasteiger partial charge in [-0.25, -0.2) is 0 Å². The van der Waals surface area contributed by atoms with E-state index in [0.29, 0.717) is 31.7 Å². The smallest absolute Gasteiger partial charge is 0.314 e. The Kier molecular flexibility index (Phi) is 4.48. The first-order valence-corrected chi connectivity index (χ1v) is 7.94. The molecule has 110 valence electrons. The molecule has 1 atom stereocenters. The van der Waals surface area contributed by atoms with E-state index in [1.807, 2.05) is 37.6 Å².